The highest BCUT2D eigenvalue weighted by Crippen LogP contribution is 2.40. The smallest absolute Gasteiger partial charge is 0.261 e. The molecule has 0 saturated heterocycles. The van der Waals surface area contributed by atoms with Crippen LogP contribution in [-0.2, 0) is 16.6 Å². The Balaban J connectivity index is 1.91. The predicted octanol–water partition coefficient (Wildman–Crippen LogP) is 5.92. The first-order chi connectivity index (χ1) is 14.8. The number of hydrogen-bond acceptors (Lipinski definition) is 3. The largest absolute Gasteiger partial charge is 0.336 e. The first-order valence-electron chi connectivity index (χ1n) is 10.4. The van der Waals surface area contributed by atoms with Crippen LogP contribution < -0.4 is 4.72 Å². The highest BCUT2D eigenvalue weighted by Gasteiger charge is 2.31. The van der Waals surface area contributed by atoms with Crippen molar-refractivity contribution in [3.63, 3.8) is 0 Å². The maximum absolute atomic E-state index is 13.1. The molecule has 1 aliphatic carbocycles. The van der Waals surface area contributed by atoms with Crippen LogP contribution in [0.2, 0.25) is 5.02 Å². The standard InChI is InChI=1S/C24H25ClN2O3S/c1-3-21(28)24-22(26-31(29,30)20-7-5-4-6-8-20)16(2)23(27(24)15-17-9-10-17)18-11-13-19(25)14-12-18/h4-8,11-14,17,26H,3,9-10,15H2,1-2H3. The number of benzene rings is 2. The highest BCUT2D eigenvalue weighted by atomic mass is 35.5. The quantitative estimate of drug-likeness (QED) is 0.428. The Morgan fingerprint density at radius 1 is 1.10 bits per heavy atom. The second-order valence-electron chi connectivity index (χ2n) is 7.95. The molecule has 2 aromatic carbocycles. The number of halogens is 1. The molecule has 0 spiro atoms. The number of anilines is 1. The third kappa shape index (κ3) is 4.41. The van der Waals surface area contributed by atoms with Gasteiger partial charge in [0.25, 0.3) is 10.0 Å². The third-order valence-corrected chi connectivity index (χ3v) is 7.25. The first-order valence-corrected chi connectivity index (χ1v) is 12.3. The van der Waals surface area contributed by atoms with E-state index < -0.39 is 10.0 Å². The van der Waals surface area contributed by atoms with Crippen LogP contribution in [-0.4, -0.2) is 18.8 Å². The average molecular weight is 457 g/mol. The first kappa shape index (κ1) is 21.7. The Bertz CT molecular complexity index is 1210. The summed E-state index contributed by atoms with van der Waals surface area (Å²) in [5.74, 6) is 0.412. The maximum Gasteiger partial charge on any atom is 0.261 e. The lowest BCUT2D eigenvalue weighted by molar-refractivity contribution is 0.0980. The number of nitrogens with zero attached hydrogens (tertiary/aromatic N) is 1. The number of aromatic nitrogens is 1. The summed E-state index contributed by atoms with van der Waals surface area (Å²) < 4.78 is 30.9. The Morgan fingerprint density at radius 3 is 2.32 bits per heavy atom. The highest BCUT2D eigenvalue weighted by molar-refractivity contribution is 7.92. The van der Waals surface area contributed by atoms with E-state index in [1.807, 2.05) is 23.6 Å². The van der Waals surface area contributed by atoms with E-state index in [1.165, 1.54) is 0 Å². The summed E-state index contributed by atoms with van der Waals surface area (Å²) in [5, 5.41) is 0.622. The molecule has 0 aliphatic heterocycles. The molecule has 0 bridgehead atoms. The van der Waals surface area contributed by atoms with Gasteiger partial charge in [0, 0.05) is 18.0 Å². The minimum atomic E-state index is -3.84. The fourth-order valence-corrected chi connectivity index (χ4v) is 5.12. The summed E-state index contributed by atoms with van der Waals surface area (Å²) in [6.07, 6.45) is 2.51. The van der Waals surface area contributed by atoms with Crippen molar-refractivity contribution in [2.24, 2.45) is 5.92 Å². The molecule has 0 unspecified atom stereocenters. The second kappa shape index (κ2) is 8.52. The maximum atomic E-state index is 13.1. The SMILES string of the molecule is CCC(=O)c1c(NS(=O)(=O)c2ccccc2)c(C)c(-c2ccc(Cl)cc2)n1CC1CC1. The molecule has 1 N–H and O–H groups in total. The van der Waals surface area contributed by atoms with Gasteiger partial charge in [-0.15, -0.1) is 0 Å². The number of nitrogens with one attached hydrogen (secondary N) is 1. The van der Waals surface area contributed by atoms with Crippen molar-refractivity contribution < 1.29 is 13.2 Å². The monoisotopic (exact) mass is 456 g/mol. The molecule has 1 aliphatic rings. The lowest BCUT2D eigenvalue weighted by Crippen LogP contribution is -2.17. The zero-order valence-corrected chi connectivity index (χ0v) is 19.1. The molecule has 31 heavy (non-hydrogen) atoms. The van der Waals surface area contributed by atoms with Crippen molar-refractivity contribution in [2.45, 2.75) is 44.6 Å². The molecule has 5 nitrogen and oxygen atoms in total. The Hall–Kier alpha value is -2.57. The van der Waals surface area contributed by atoms with Gasteiger partial charge in [-0.2, -0.15) is 0 Å². The number of hydrogen-bond donors (Lipinski definition) is 1. The van der Waals surface area contributed by atoms with Crippen molar-refractivity contribution in [3.8, 4) is 11.3 Å². The molecule has 3 aromatic rings. The van der Waals surface area contributed by atoms with Crippen LogP contribution in [0.15, 0.2) is 59.5 Å². The molecular weight excluding hydrogens is 432 g/mol. The average Bonchev–Trinajstić information content (AvgIpc) is 3.54. The van der Waals surface area contributed by atoms with Gasteiger partial charge >= 0.3 is 0 Å². The zero-order chi connectivity index (χ0) is 22.2. The Morgan fingerprint density at radius 2 is 1.74 bits per heavy atom. The zero-order valence-electron chi connectivity index (χ0n) is 17.6. The van der Waals surface area contributed by atoms with Crippen LogP contribution in [0, 0.1) is 12.8 Å². The van der Waals surface area contributed by atoms with Crippen LogP contribution >= 0.6 is 11.6 Å². The molecule has 1 aromatic heterocycles. The number of Topliss-reactive ketones (excluding diaryl/α,β-unsaturated/α-hetero) is 1. The fourth-order valence-electron chi connectivity index (χ4n) is 3.84. The molecular formula is C24H25ClN2O3S. The fraction of sp³-hybridized carbons (Fsp3) is 0.292. The van der Waals surface area contributed by atoms with Gasteiger partial charge in [-0.05, 0) is 61.1 Å². The molecule has 0 radical (unpaired) electrons. The summed E-state index contributed by atoms with van der Waals surface area (Å²) in [5.41, 5.74) is 3.28. The summed E-state index contributed by atoms with van der Waals surface area (Å²) in [7, 11) is -3.84. The van der Waals surface area contributed by atoms with E-state index in [0.717, 1.165) is 29.7 Å². The molecule has 7 heteroatoms. The minimum Gasteiger partial charge on any atom is -0.336 e. The van der Waals surface area contributed by atoms with Gasteiger partial charge in [-0.25, -0.2) is 8.42 Å². The van der Waals surface area contributed by atoms with Crippen LogP contribution in [0.3, 0.4) is 0 Å². The Labute approximate surface area is 188 Å². The summed E-state index contributed by atoms with van der Waals surface area (Å²) >= 11 is 6.08. The second-order valence-corrected chi connectivity index (χ2v) is 10.1. The van der Waals surface area contributed by atoms with Crippen molar-refractivity contribution in [1.29, 1.82) is 0 Å². The number of ketones is 1. The number of rotatable bonds is 8. The van der Waals surface area contributed by atoms with Crippen molar-refractivity contribution >= 4 is 33.1 Å². The molecule has 4 rings (SSSR count). The lowest BCUT2D eigenvalue weighted by Gasteiger charge is -2.14. The molecule has 162 valence electrons. The van der Waals surface area contributed by atoms with Crippen molar-refractivity contribution in [1.82, 2.24) is 4.57 Å². The van der Waals surface area contributed by atoms with Crippen LogP contribution in [0.1, 0.15) is 42.2 Å². The van der Waals surface area contributed by atoms with Crippen molar-refractivity contribution in [2.75, 3.05) is 4.72 Å². The molecule has 0 atom stereocenters. The Kier molecular flexibility index (Phi) is 5.95. The van der Waals surface area contributed by atoms with E-state index in [1.54, 1.807) is 49.4 Å². The minimum absolute atomic E-state index is 0.0882. The van der Waals surface area contributed by atoms with Gasteiger partial charge in [0.2, 0.25) is 0 Å². The van der Waals surface area contributed by atoms with Gasteiger partial charge in [-0.3, -0.25) is 9.52 Å². The van der Waals surface area contributed by atoms with Crippen molar-refractivity contribution in [3.05, 3.63) is 70.9 Å². The molecule has 1 fully saturated rings. The van der Waals surface area contributed by atoms with Gasteiger partial charge < -0.3 is 4.57 Å². The van der Waals surface area contributed by atoms with Crippen LogP contribution in [0.5, 0.6) is 0 Å². The van der Waals surface area contributed by atoms with Crippen LogP contribution in [0.25, 0.3) is 11.3 Å². The number of sulfonamides is 1. The van der Waals surface area contributed by atoms with E-state index in [4.69, 9.17) is 11.6 Å². The van der Waals surface area contributed by atoms with Gasteiger partial charge in [-0.1, -0.05) is 48.9 Å². The lowest BCUT2D eigenvalue weighted by atomic mass is 10.1. The van der Waals surface area contributed by atoms with Gasteiger partial charge in [0.15, 0.2) is 5.78 Å². The predicted molar refractivity (Wildman–Crippen MR) is 124 cm³/mol. The molecule has 1 saturated carbocycles. The topological polar surface area (TPSA) is 68.2 Å². The van der Waals surface area contributed by atoms with E-state index >= 15 is 0 Å². The summed E-state index contributed by atoms with van der Waals surface area (Å²) in [4.78, 5) is 13.2. The van der Waals surface area contributed by atoms with E-state index in [0.29, 0.717) is 28.9 Å². The van der Waals surface area contributed by atoms with Crippen LogP contribution in [0.4, 0.5) is 5.69 Å². The van der Waals surface area contributed by atoms with E-state index in [-0.39, 0.29) is 17.1 Å². The third-order valence-electron chi connectivity index (χ3n) is 5.64. The van der Waals surface area contributed by atoms with Gasteiger partial charge in [0.05, 0.1) is 16.3 Å². The molecule has 1 heterocycles. The summed E-state index contributed by atoms with van der Waals surface area (Å²) in [6, 6.07) is 15.6. The molecule has 0 amide bonds. The van der Waals surface area contributed by atoms with E-state index in [2.05, 4.69) is 4.72 Å². The normalized spacial score (nSPS) is 13.9. The number of carbonyl (C=O) groups excluding carboxylic acids is 1. The number of carbonyl (C=O) groups is 1. The summed E-state index contributed by atoms with van der Waals surface area (Å²) in [6.45, 7) is 4.35. The van der Waals surface area contributed by atoms with Gasteiger partial charge in [0.1, 0.15) is 5.69 Å². The van der Waals surface area contributed by atoms with E-state index in [9.17, 15) is 13.2 Å².